The van der Waals surface area contributed by atoms with Crippen LogP contribution >= 0.6 is 11.6 Å². The van der Waals surface area contributed by atoms with Gasteiger partial charge >= 0.3 is 0 Å². The number of hydrogen-bond acceptors (Lipinski definition) is 4. The number of morpholine rings is 1. The molecule has 1 aromatic rings. The highest BCUT2D eigenvalue weighted by Crippen LogP contribution is 2.40. The predicted octanol–water partition coefficient (Wildman–Crippen LogP) is 1.72. The number of benzene rings is 1. The highest BCUT2D eigenvalue weighted by Gasteiger charge is 2.23. The lowest BCUT2D eigenvalue weighted by Gasteiger charge is -2.25. The summed E-state index contributed by atoms with van der Waals surface area (Å²) in [6.07, 6.45) is -0.226. The quantitative estimate of drug-likeness (QED) is 0.831. The van der Waals surface area contributed by atoms with Crippen molar-refractivity contribution >= 4 is 11.6 Å². The Morgan fingerprint density at radius 2 is 2.38 bits per heavy atom. The molecule has 1 unspecified atom stereocenters. The minimum absolute atomic E-state index is 0.0590. The third-order valence-electron chi connectivity index (χ3n) is 2.60. The average Bonchev–Trinajstić information content (AvgIpc) is 2.31. The second-order valence-electron chi connectivity index (χ2n) is 3.58. The Morgan fingerprint density at radius 1 is 1.56 bits per heavy atom. The summed E-state index contributed by atoms with van der Waals surface area (Å²) in [7, 11) is 1.51. The van der Waals surface area contributed by atoms with Crippen molar-refractivity contribution in [2.45, 2.75) is 6.10 Å². The van der Waals surface area contributed by atoms with E-state index in [-0.39, 0.29) is 11.9 Å². The predicted molar refractivity (Wildman–Crippen MR) is 61.2 cm³/mol. The summed E-state index contributed by atoms with van der Waals surface area (Å²) in [6.45, 7) is 2.07. The Labute approximate surface area is 99.1 Å². The molecule has 1 aromatic carbocycles. The van der Waals surface area contributed by atoms with E-state index in [4.69, 9.17) is 21.1 Å². The zero-order valence-corrected chi connectivity index (χ0v) is 9.75. The fourth-order valence-corrected chi connectivity index (χ4v) is 2.06. The molecule has 2 N–H and O–H groups in total. The molecular weight excluding hydrogens is 230 g/mol. The van der Waals surface area contributed by atoms with Crippen LogP contribution in [0.2, 0.25) is 5.02 Å². The first kappa shape index (κ1) is 11.5. The Kier molecular flexibility index (Phi) is 3.53. The SMILES string of the molecule is COc1ccc(Cl)c(C2CNCCO2)c1O. The fourth-order valence-electron chi connectivity index (χ4n) is 1.79. The van der Waals surface area contributed by atoms with Gasteiger partial charge in [0.1, 0.15) is 6.10 Å². The van der Waals surface area contributed by atoms with Crippen molar-refractivity contribution in [3.05, 3.63) is 22.7 Å². The third-order valence-corrected chi connectivity index (χ3v) is 2.93. The van der Waals surface area contributed by atoms with Crippen LogP contribution in [0.4, 0.5) is 0 Å². The second kappa shape index (κ2) is 4.91. The Bertz CT molecular complexity index is 378. The first-order chi connectivity index (χ1) is 7.74. The summed E-state index contributed by atoms with van der Waals surface area (Å²) in [5, 5.41) is 13.7. The Balaban J connectivity index is 2.37. The molecule has 0 saturated carbocycles. The zero-order chi connectivity index (χ0) is 11.5. The van der Waals surface area contributed by atoms with Gasteiger partial charge in [0.05, 0.1) is 18.7 Å². The van der Waals surface area contributed by atoms with Crippen LogP contribution in [0.5, 0.6) is 11.5 Å². The highest BCUT2D eigenvalue weighted by atomic mass is 35.5. The van der Waals surface area contributed by atoms with Crippen molar-refractivity contribution in [2.24, 2.45) is 0 Å². The zero-order valence-electron chi connectivity index (χ0n) is 9.00. The molecule has 1 atom stereocenters. The molecule has 1 saturated heterocycles. The molecule has 1 fully saturated rings. The molecule has 5 heteroatoms. The van der Waals surface area contributed by atoms with E-state index in [0.29, 0.717) is 29.5 Å². The number of halogens is 1. The standard InChI is InChI=1S/C11H14ClNO3/c1-15-8-3-2-7(12)10(11(8)14)9-6-13-4-5-16-9/h2-3,9,13-14H,4-6H2,1H3. The highest BCUT2D eigenvalue weighted by molar-refractivity contribution is 6.31. The molecule has 0 aliphatic carbocycles. The van der Waals surface area contributed by atoms with Gasteiger partial charge in [-0.05, 0) is 12.1 Å². The smallest absolute Gasteiger partial charge is 0.165 e. The van der Waals surface area contributed by atoms with Crippen LogP contribution in [0, 0.1) is 0 Å². The molecule has 1 aliphatic heterocycles. The van der Waals surface area contributed by atoms with E-state index in [1.54, 1.807) is 12.1 Å². The first-order valence-electron chi connectivity index (χ1n) is 5.11. The number of aromatic hydroxyl groups is 1. The van der Waals surface area contributed by atoms with Crippen molar-refractivity contribution in [2.75, 3.05) is 26.8 Å². The number of phenols is 1. The van der Waals surface area contributed by atoms with Gasteiger partial charge in [-0.25, -0.2) is 0 Å². The molecule has 88 valence electrons. The minimum Gasteiger partial charge on any atom is -0.504 e. The third kappa shape index (κ3) is 2.09. The first-order valence-corrected chi connectivity index (χ1v) is 5.49. The monoisotopic (exact) mass is 243 g/mol. The van der Waals surface area contributed by atoms with Gasteiger partial charge in [0, 0.05) is 18.7 Å². The van der Waals surface area contributed by atoms with Crippen molar-refractivity contribution in [3.63, 3.8) is 0 Å². The number of methoxy groups -OCH3 is 1. The molecule has 0 spiro atoms. The fraction of sp³-hybridized carbons (Fsp3) is 0.455. The van der Waals surface area contributed by atoms with E-state index in [9.17, 15) is 5.11 Å². The van der Waals surface area contributed by atoms with E-state index >= 15 is 0 Å². The van der Waals surface area contributed by atoms with Crippen molar-refractivity contribution in [3.8, 4) is 11.5 Å². The Hall–Kier alpha value is -0.970. The van der Waals surface area contributed by atoms with Gasteiger partial charge in [-0.2, -0.15) is 0 Å². The minimum atomic E-state index is -0.226. The summed E-state index contributed by atoms with van der Waals surface area (Å²) in [5.41, 5.74) is 0.591. The molecule has 16 heavy (non-hydrogen) atoms. The van der Waals surface area contributed by atoms with Crippen LogP contribution in [0.25, 0.3) is 0 Å². The number of nitrogens with one attached hydrogen (secondary N) is 1. The van der Waals surface area contributed by atoms with Crippen LogP contribution in [-0.2, 0) is 4.74 Å². The summed E-state index contributed by atoms with van der Waals surface area (Å²) in [6, 6.07) is 3.34. The van der Waals surface area contributed by atoms with E-state index in [1.165, 1.54) is 7.11 Å². The number of ether oxygens (including phenoxy) is 2. The van der Waals surface area contributed by atoms with E-state index in [2.05, 4.69) is 5.32 Å². The molecular formula is C11H14ClNO3. The topological polar surface area (TPSA) is 50.7 Å². The molecule has 0 bridgehead atoms. The second-order valence-corrected chi connectivity index (χ2v) is 3.98. The Morgan fingerprint density at radius 3 is 3.00 bits per heavy atom. The van der Waals surface area contributed by atoms with Crippen molar-refractivity contribution in [1.82, 2.24) is 5.32 Å². The molecule has 0 aromatic heterocycles. The average molecular weight is 244 g/mol. The van der Waals surface area contributed by atoms with Gasteiger partial charge < -0.3 is 19.9 Å². The lowest BCUT2D eigenvalue weighted by Crippen LogP contribution is -2.33. The van der Waals surface area contributed by atoms with E-state index in [0.717, 1.165) is 6.54 Å². The number of phenolic OH excluding ortho intramolecular Hbond substituents is 1. The molecule has 0 amide bonds. The summed E-state index contributed by atoms with van der Waals surface area (Å²) < 4.78 is 10.6. The van der Waals surface area contributed by atoms with E-state index in [1.807, 2.05) is 0 Å². The molecule has 1 heterocycles. The van der Waals surface area contributed by atoms with Crippen LogP contribution in [0.3, 0.4) is 0 Å². The van der Waals surface area contributed by atoms with E-state index < -0.39 is 0 Å². The van der Waals surface area contributed by atoms with Gasteiger partial charge in [-0.1, -0.05) is 11.6 Å². The summed E-state index contributed by atoms with van der Waals surface area (Å²) in [4.78, 5) is 0. The largest absolute Gasteiger partial charge is 0.504 e. The van der Waals surface area contributed by atoms with Crippen LogP contribution in [0.1, 0.15) is 11.7 Å². The van der Waals surface area contributed by atoms with Gasteiger partial charge in [-0.15, -0.1) is 0 Å². The van der Waals surface area contributed by atoms with Gasteiger partial charge in [0.15, 0.2) is 11.5 Å². The maximum absolute atomic E-state index is 10.0. The molecule has 2 rings (SSSR count). The van der Waals surface area contributed by atoms with Gasteiger partial charge in [0.2, 0.25) is 0 Å². The molecule has 0 radical (unpaired) electrons. The number of rotatable bonds is 2. The van der Waals surface area contributed by atoms with Crippen molar-refractivity contribution < 1.29 is 14.6 Å². The van der Waals surface area contributed by atoms with Crippen LogP contribution in [-0.4, -0.2) is 31.9 Å². The lowest BCUT2D eigenvalue weighted by molar-refractivity contribution is 0.0262. The molecule has 1 aliphatic rings. The summed E-state index contributed by atoms with van der Waals surface area (Å²) >= 11 is 6.07. The normalized spacial score (nSPS) is 20.8. The maximum Gasteiger partial charge on any atom is 0.165 e. The lowest BCUT2D eigenvalue weighted by atomic mass is 10.1. The van der Waals surface area contributed by atoms with Gasteiger partial charge in [0.25, 0.3) is 0 Å². The van der Waals surface area contributed by atoms with Crippen molar-refractivity contribution in [1.29, 1.82) is 0 Å². The molecule has 4 nitrogen and oxygen atoms in total. The van der Waals surface area contributed by atoms with Crippen LogP contribution < -0.4 is 10.1 Å². The van der Waals surface area contributed by atoms with Gasteiger partial charge in [-0.3, -0.25) is 0 Å². The summed E-state index contributed by atoms with van der Waals surface area (Å²) in [5.74, 6) is 0.470. The van der Waals surface area contributed by atoms with Crippen LogP contribution in [0.15, 0.2) is 12.1 Å². The number of hydrogen-bond donors (Lipinski definition) is 2. The maximum atomic E-state index is 10.0.